The zero-order chi connectivity index (χ0) is 11.5. The fraction of sp³-hybridized carbons (Fsp3) is 0.500. The third-order valence-electron chi connectivity index (χ3n) is 2.45. The van der Waals surface area contributed by atoms with Gasteiger partial charge < -0.3 is 10.6 Å². The van der Waals surface area contributed by atoms with Crippen LogP contribution >= 0.6 is 12.2 Å². The van der Waals surface area contributed by atoms with Crippen molar-refractivity contribution in [1.82, 2.24) is 9.97 Å². The van der Waals surface area contributed by atoms with E-state index in [1.165, 1.54) is 12.4 Å². The quantitative estimate of drug-likeness (QED) is 0.785. The van der Waals surface area contributed by atoms with Crippen LogP contribution in [0, 0.1) is 5.82 Å². The van der Waals surface area contributed by atoms with Crippen LogP contribution in [0.1, 0.15) is 19.3 Å². The van der Waals surface area contributed by atoms with E-state index >= 15 is 0 Å². The van der Waals surface area contributed by atoms with E-state index in [0.717, 1.165) is 12.8 Å². The van der Waals surface area contributed by atoms with Gasteiger partial charge in [0.2, 0.25) is 5.95 Å². The Morgan fingerprint density at radius 2 is 2.12 bits per heavy atom. The molecule has 1 aromatic heterocycles. The fourth-order valence-corrected chi connectivity index (χ4v) is 1.61. The van der Waals surface area contributed by atoms with Gasteiger partial charge in [-0.3, -0.25) is 0 Å². The van der Waals surface area contributed by atoms with E-state index in [-0.39, 0.29) is 0 Å². The number of nitrogens with two attached hydrogens (primary N) is 1. The minimum absolute atomic E-state index is 0.422. The SMILES string of the molecule is NC(=S)CCN(c1ncc(F)cn1)C1CC1. The predicted octanol–water partition coefficient (Wildman–Crippen LogP) is 1.26. The van der Waals surface area contributed by atoms with Crippen LogP contribution in [0.2, 0.25) is 0 Å². The van der Waals surface area contributed by atoms with Crippen LogP contribution in [0.4, 0.5) is 10.3 Å². The summed E-state index contributed by atoms with van der Waals surface area (Å²) in [4.78, 5) is 10.5. The second-order valence-electron chi connectivity index (χ2n) is 3.84. The number of halogens is 1. The summed E-state index contributed by atoms with van der Waals surface area (Å²) < 4.78 is 12.7. The largest absolute Gasteiger partial charge is 0.393 e. The molecule has 1 fully saturated rings. The van der Waals surface area contributed by atoms with Gasteiger partial charge in [-0.2, -0.15) is 0 Å². The molecular formula is C10H13FN4S. The molecule has 0 radical (unpaired) electrons. The Morgan fingerprint density at radius 3 is 2.62 bits per heavy atom. The molecule has 0 aliphatic heterocycles. The molecule has 0 amide bonds. The molecular weight excluding hydrogens is 227 g/mol. The van der Waals surface area contributed by atoms with Crippen molar-refractivity contribution < 1.29 is 4.39 Å². The van der Waals surface area contributed by atoms with E-state index in [1.54, 1.807) is 0 Å². The first-order valence-electron chi connectivity index (χ1n) is 5.19. The summed E-state index contributed by atoms with van der Waals surface area (Å²) in [5, 5.41) is 0. The van der Waals surface area contributed by atoms with Crippen LogP contribution in [0.5, 0.6) is 0 Å². The Labute approximate surface area is 98.7 Å². The van der Waals surface area contributed by atoms with Gasteiger partial charge in [-0.05, 0) is 12.8 Å². The smallest absolute Gasteiger partial charge is 0.225 e. The highest BCUT2D eigenvalue weighted by Gasteiger charge is 2.30. The Kier molecular flexibility index (Phi) is 3.28. The lowest BCUT2D eigenvalue weighted by Gasteiger charge is -2.21. The molecule has 1 aliphatic carbocycles. The molecule has 2 N–H and O–H groups in total. The van der Waals surface area contributed by atoms with Gasteiger partial charge in [-0.25, -0.2) is 14.4 Å². The molecule has 1 aromatic rings. The first-order chi connectivity index (χ1) is 7.66. The first kappa shape index (κ1) is 11.2. The highest BCUT2D eigenvalue weighted by molar-refractivity contribution is 7.80. The van der Waals surface area contributed by atoms with Crippen molar-refractivity contribution in [2.45, 2.75) is 25.3 Å². The van der Waals surface area contributed by atoms with Crippen molar-refractivity contribution in [3.63, 3.8) is 0 Å². The summed E-state index contributed by atoms with van der Waals surface area (Å²) in [6, 6.07) is 0.458. The van der Waals surface area contributed by atoms with E-state index < -0.39 is 5.82 Å². The zero-order valence-corrected chi connectivity index (χ0v) is 9.58. The van der Waals surface area contributed by atoms with Crippen molar-refractivity contribution in [2.24, 2.45) is 5.73 Å². The van der Waals surface area contributed by atoms with E-state index in [9.17, 15) is 4.39 Å². The van der Waals surface area contributed by atoms with E-state index in [4.69, 9.17) is 18.0 Å². The molecule has 0 bridgehead atoms. The van der Waals surface area contributed by atoms with Crippen LogP contribution in [-0.4, -0.2) is 27.5 Å². The molecule has 1 aliphatic rings. The molecule has 0 atom stereocenters. The summed E-state index contributed by atoms with van der Waals surface area (Å²) >= 11 is 4.84. The molecule has 86 valence electrons. The van der Waals surface area contributed by atoms with Crippen LogP contribution in [0.3, 0.4) is 0 Å². The highest BCUT2D eigenvalue weighted by Crippen LogP contribution is 2.29. The Bertz CT molecular complexity index is 377. The van der Waals surface area contributed by atoms with Gasteiger partial charge in [0, 0.05) is 19.0 Å². The van der Waals surface area contributed by atoms with Gasteiger partial charge in [0.15, 0.2) is 5.82 Å². The van der Waals surface area contributed by atoms with Gasteiger partial charge >= 0.3 is 0 Å². The van der Waals surface area contributed by atoms with Crippen molar-refractivity contribution in [3.05, 3.63) is 18.2 Å². The molecule has 0 spiro atoms. The highest BCUT2D eigenvalue weighted by atomic mass is 32.1. The van der Waals surface area contributed by atoms with Gasteiger partial charge in [0.05, 0.1) is 17.4 Å². The topological polar surface area (TPSA) is 55.0 Å². The number of nitrogens with zero attached hydrogens (tertiary/aromatic N) is 3. The minimum atomic E-state index is -0.422. The number of thiocarbonyl (C=S) groups is 1. The van der Waals surface area contributed by atoms with Crippen LogP contribution in [-0.2, 0) is 0 Å². The van der Waals surface area contributed by atoms with E-state index in [2.05, 4.69) is 9.97 Å². The number of rotatable bonds is 5. The van der Waals surface area contributed by atoms with Gasteiger partial charge in [0.1, 0.15) is 0 Å². The van der Waals surface area contributed by atoms with Crippen LogP contribution in [0.15, 0.2) is 12.4 Å². The number of hydrogen-bond donors (Lipinski definition) is 1. The molecule has 0 aromatic carbocycles. The van der Waals surface area contributed by atoms with Crippen molar-refractivity contribution >= 4 is 23.2 Å². The first-order valence-corrected chi connectivity index (χ1v) is 5.60. The average molecular weight is 240 g/mol. The fourth-order valence-electron chi connectivity index (χ4n) is 1.52. The zero-order valence-electron chi connectivity index (χ0n) is 8.77. The normalized spacial score (nSPS) is 14.8. The maximum Gasteiger partial charge on any atom is 0.225 e. The summed E-state index contributed by atoms with van der Waals surface area (Å²) in [7, 11) is 0. The molecule has 16 heavy (non-hydrogen) atoms. The van der Waals surface area contributed by atoms with Crippen molar-refractivity contribution in [3.8, 4) is 0 Å². The lowest BCUT2D eigenvalue weighted by Crippen LogP contribution is -2.31. The van der Waals surface area contributed by atoms with Crippen molar-refractivity contribution in [2.75, 3.05) is 11.4 Å². The molecule has 6 heteroatoms. The standard InChI is InChI=1S/C10H13FN4S/c11-7-5-13-10(14-6-7)15(8-1-2-8)4-3-9(12)16/h5-6,8H,1-4H2,(H2,12,16). The number of hydrogen-bond acceptors (Lipinski definition) is 4. The van der Waals surface area contributed by atoms with E-state index in [0.29, 0.717) is 29.9 Å². The summed E-state index contributed by atoms with van der Waals surface area (Å²) in [5.41, 5.74) is 5.47. The summed E-state index contributed by atoms with van der Waals surface area (Å²) in [5.74, 6) is 0.133. The monoisotopic (exact) mass is 240 g/mol. The lowest BCUT2D eigenvalue weighted by molar-refractivity contribution is 0.610. The van der Waals surface area contributed by atoms with E-state index in [1.807, 2.05) is 4.90 Å². The Balaban J connectivity index is 2.06. The lowest BCUT2D eigenvalue weighted by atomic mass is 10.4. The average Bonchev–Trinajstić information content (AvgIpc) is 3.04. The third kappa shape index (κ3) is 2.85. The van der Waals surface area contributed by atoms with Gasteiger partial charge in [-0.15, -0.1) is 0 Å². The maximum absolute atomic E-state index is 12.7. The molecule has 0 saturated heterocycles. The number of anilines is 1. The Hall–Kier alpha value is -1.30. The second-order valence-corrected chi connectivity index (χ2v) is 4.37. The maximum atomic E-state index is 12.7. The van der Waals surface area contributed by atoms with Crippen molar-refractivity contribution in [1.29, 1.82) is 0 Å². The van der Waals surface area contributed by atoms with Crippen LogP contribution in [0.25, 0.3) is 0 Å². The molecule has 4 nitrogen and oxygen atoms in total. The van der Waals surface area contributed by atoms with Gasteiger partial charge in [-0.1, -0.05) is 12.2 Å². The second kappa shape index (κ2) is 4.69. The molecule has 0 unspecified atom stereocenters. The Morgan fingerprint density at radius 1 is 1.50 bits per heavy atom. The number of aromatic nitrogens is 2. The third-order valence-corrected chi connectivity index (χ3v) is 2.65. The molecule has 1 heterocycles. The summed E-state index contributed by atoms with van der Waals surface area (Å²) in [6.45, 7) is 0.700. The molecule has 1 saturated carbocycles. The molecule has 2 rings (SSSR count). The van der Waals surface area contributed by atoms with Crippen LogP contribution < -0.4 is 10.6 Å². The van der Waals surface area contributed by atoms with Gasteiger partial charge in [0.25, 0.3) is 0 Å². The minimum Gasteiger partial charge on any atom is -0.393 e. The predicted molar refractivity (Wildman–Crippen MR) is 63.8 cm³/mol. The summed E-state index contributed by atoms with van der Waals surface area (Å²) in [6.07, 6.45) is 5.24.